The molecule has 0 amide bonds. The van der Waals surface area contributed by atoms with Gasteiger partial charge in [0.2, 0.25) is 0 Å². The molecule has 1 N–H and O–H groups in total. The zero-order valence-corrected chi connectivity index (χ0v) is 7.44. The molecular formula is C10H15N. The summed E-state index contributed by atoms with van der Waals surface area (Å²) in [5.74, 6) is 0. The Morgan fingerprint density at radius 3 is 2.73 bits per heavy atom. The summed E-state index contributed by atoms with van der Waals surface area (Å²) >= 11 is 0. The van der Waals surface area contributed by atoms with Crippen molar-refractivity contribution in [1.82, 2.24) is 4.98 Å². The van der Waals surface area contributed by atoms with Gasteiger partial charge in [0, 0.05) is 11.9 Å². The van der Waals surface area contributed by atoms with Gasteiger partial charge in [-0.05, 0) is 38.8 Å². The summed E-state index contributed by atoms with van der Waals surface area (Å²) in [6.07, 6.45) is 5.29. The van der Waals surface area contributed by atoms with Gasteiger partial charge in [-0.15, -0.1) is 0 Å². The Kier molecular flexibility index (Phi) is 2.53. The van der Waals surface area contributed by atoms with Gasteiger partial charge in [0.25, 0.3) is 0 Å². The lowest BCUT2D eigenvalue weighted by molar-refractivity contribution is 1.15. The smallest absolute Gasteiger partial charge is 0.0151 e. The van der Waals surface area contributed by atoms with E-state index in [1.54, 1.807) is 0 Å². The van der Waals surface area contributed by atoms with E-state index in [0.717, 1.165) is 6.42 Å². The fourth-order valence-corrected chi connectivity index (χ4v) is 1.02. The van der Waals surface area contributed by atoms with Gasteiger partial charge in [-0.2, -0.15) is 0 Å². The highest BCUT2D eigenvalue weighted by Crippen LogP contribution is 2.07. The summed E-state index contributed by atoms with van der Waals surface area (Å²) in [7, 11) is 0. The summed E-state index contributed by atoms with van der Waals surface area (Å²) in [6.45, 7) is 6.36. The number of nitrogens with one attached hydrogen (secondary N) is 1. The van der Waals surface area contributed by atoms with Gasteiger partial charge in [-0.1, -0.05) is 11.6 Å². The van der Waals surface area contributed by atoms with Gasteiger partial charge >= 0.3 is 0 Å². The molecule has 0 bridgehead atoms. The summed E-state index contributed by atoms with van der Waals surface area (Å²) in [6, 6.07) is 2.13. The van der Waals surface area contributed by atoms with Gasteiger partial charge in [-0.3, -0.25) is 0 Å². The van der Waals surface area contributed by atoms with Crippen molar-refractivity contribution >= 4 is 0 Å². The van der Waals surface area contributed by atoms with Crippen molar-refractivity contribution in [3.63, 3.8) is 0 Å². The first-order chi connectivity index (χ1) is 5.20. The van der Waals surface area contributed by atoms with Gasteiger partial charge in [0.15, 0.2) is 0 Å². The van der Waals surface area contributed by atoms with Crippen molar-refractivity contribution in [1.29, 1.82) is 0 Å². The molecule has 0 spiro atoms. The molecular weight excluding hydrogens is 134 g/mol. The average molecular weight is 149 g/mol. The molecule has 1 heteroatoms. The molecule has 1 aromatic heterocycles. The third-order valence-corrected chi connectivity index (χ3v) is 1.80. The summed E-state index contributed by atoms with van der Waals surface area (Å²) in [5, 5.41) is 0. The van der Waals surface area contributed by atoms with Crippen LogP contribution in [0.15, 0.2) is 23.9 Å². The maximum absolute atomic E-state index is 3.16. The van der Waals surface area contributed by atoms with Crippen molar-refractivity contribution in [3.8, 4) is 0 Å². The van der Waals surface area contributed by atoms with Crippen molar-refractivity contribution in [2.75, 3.05) is 0 Å². The van der Waals surface area contributed by atoms with E-state index >= 15 is 0 Å². The molecule has 0 saturated carbocycles. The summed E-state index contributed by atoms with van der Waals surface area (Å²) in [4.78, 5) is 3.16. The molecule has 1 aromatic rings. The minimum Gasteiger partial charge on any atom is -0.365 e. The molecule has 60 valence electrons. The van der Waals surface area contributed by atoms with E-state index in [1.165, 1.54) is 16.8 Å². The molecule has 1 rings (SSSR count). The minimum atomic E-state index is 1.05. The van der Waals surface area contributed by atoms with Crippen LogP contribution in [0.25, 0.3) is 0 Å². The molecule has 1 heterocycles. The predicted molar refractivity (Wildman–Crippen MR) is 48.7 cm³/mol. The van der Waals surface area contributed by atoms with E-state index in [2.05, 4.69) is 37.9 Å². The molecule has 0 aliphatic heterocycles. The van der Waals surface area contributed by atoms with Gasteiger partial charge < -0.3 is 4.98 Å². The number of hydrogen-bond donors (Lipinski definition) is 1. The summed E-state index contributed by atoms with van der Waals surface area (Å²) < 4.78 is 0. The number of allylic oxidation sites excluding steroid dienone is 2. The molecule has 0 saturated heterocycles. The second-order valence-corrected chi connectivity index (χ2v) is 3.11. The first-order valence-electron chi connectivity index (χ1n) is 3.96. The van der Waals surface area contributed by atoms with Crippen LogP contribution in [0.2, 0.25) is 0 Å². The van der Waals surface area contributed by atoms with E-state index in [-0.39, 0.29) is 0 Å². The number of aryl methyl sites for hydroxylation is 1. The number of aromatic amines is 1. The quantitative estimate of drug-likeness (QED) is 0.622. The Morgan fingerprint density at radius 2 is 2.27 bits per heavy atom. The maximum atomic E-state index is 3.16. The molecule has 11 heavy (non-hydrogen) atoms. The predicted octanol–water partition coefficient (Wildman–Crippen LogP) is 2.83. The average Bonchev–Trinajstić information content (AvgIpc) is 2.31. The second-order valence-electron chi connectivity index (χ2n) is 3.11. The number of aromatic nitrogens is 1. The topological polar surface area (TPSA) is 15.8 Å². The van der Waals surface area contributed by atoms with E-state index in [0.29, 0.717) is 0 Å². The van der Waals surface area contributed by atoms with Crippen molar-refractivity contribution in [3.05, 3.63) is 35.2 Å². The first kappa shape index (κ1) is 8.12. The number of H-pyrrole nitrogens is 1. The minimum absolute atomic E-state index is 1.05. The van der Waals surface area contributed by atoms with Gasteiger partial charge in [-0.25, -0.2) is 0 Å². The second kappa shape index (κ2) is 3.42. The molecule has 0 fully saturated rings. The standard InChI is InChI=1S/C10H15N/c1-8(2)4-5-10-6-7-11-9(10)3/h4,6-7,11H,5H2,1-3H3. The van der Waals surface area contributed by atoms with Crippen molar-refractivity contribution in [2.24, 2.45) is 0 Å². The fourth-order valence-electron chi connectivity index (χ4n) is 1.02. The Bertz CT molecular complexity index is 252. The molecule has 0 aliphatic carbocycles. The number of rotatable bonds is 2. The zero-order valence-electron chi connectivity index (χ0n) is 7.44. The highest BCUT2D eigenvalue weighted by Gasteiger charge is 1.94. The van der Waals surface area contributed by atoms with Crippen molar-refractivity contribution < 1.29 is 0 Å². The normalized spacial score (nSPS) is 9.73. The van der Waals surface area contributed by atoms with Crippen LogP contribution in [0.1, 0.15) is 25.1 Å². The molecule has 0 unspecified atom stereocenters. The van der Waals surface area contributed by atoms with Crippen LogP contribution in [0.4, 0.5) is 0 Å². The van der Waals surface area contributed by atoms with Gasteiger partial charge in [0.05, 0.1) is 0 Å². The van der Waals surface area contributed by atoms with E-state index in [4.69, 9.17) is 0 Å². The third-order valence-electron chi connectivity index (χ3n) is 1.80. The van der Waals surface area contributed by atoms with Crippen LogP contribution in [0.3, 0.4) is 0 Å². The number of hydrogen-bond acceptors (Lipinski definition) is 0. The highest BCUT2D eigenvalue weighted by atomic mass is 14.7. The first-order valence-corrected chi connectivity index (χ1v) is 3.96. The Labute approximate surface area is 68.1 Å². The highest BCUT2D eigenvalue weighted by molar-refractivity contribution is 5.22. The Morgan fingerprint density at radius 1 is 1.55 bits per heavy atom. The molecule has 0 aliphatic rings. The molecule has 0 aromatic carbocycles. The van der Waals surface area contributed by atoms with E-state index in [1.807, 2.05) is 6.20 Å². The van der Waals surface area contributed by atoms with Crippen LogP contribution in [-0.2, 0) is 6.42 Å². The van der Waals surface area contributed by atoms with Crippen LogP contribution >= 0.6 is 0 Å². The summed E-state index contributed by atoms with van der Waals surface area (Å²) in [5.41, 5.74) is 4.05. The van der Waals surface area contributed by atoms with Crippen LogP contribution in [0, 0.1) is 6.92 Å². The lowest BCUT2D eigenvalue weighted by atomic mass is 10.1. The molecule has 1 nitrogen and oxygen atoms in total. The molecule has 0 atom stereocenters. The van der Waals surface area contributed by atoms with Crippen LogP contribution in [0.5, 0.6) is 0 Å². The monoisotopic (exact) mass is 149 g/mol. The lowest BCUT2D eigenvalue weighted by Crippen LogP contribution is -1.81. The van der Waals surface area contributed by atoms with Gasteiger partial charge in [0.1, 0.15) is 0 Å². The zero-order chi connectivity index (χ0) is 8.27. The van der Waals surface area contributed by atoms with Crippen molar-refractivity contribution in [2.45, 2.75) is 27.2 Å². The fraction of sp³-hybridized carbons (Fsp3) is 0.400. The van der Waals surface area contributed by atoms with E-state index < -0.39 is 0 Å². The lowest BCUT2D eigenvalue weighted by Gasteiger charge is -1.94. The maximum Gasteiger partial charge on any atom is 0.0151 e. The largest absolute Gasteiger partial charge is 0.365 e. The molecule has 0 radical (unpaired) electrons. The van der Waals surface area contributed by atoms with E-state index in [9.17, 15) is 0 Å². The van der Waals surface area contributed by atoms with Crippen LogP contribution in [-0.4, -0.2) is 4.98 Å². The Balaban J connectivity index is 2.65. The SMILES string of the molecule is CC(C)=CCc1cc[nH]c1C. The Hall–Kier alpha value is -0.980. The third kappa shape index (κ3) is 2.26. The van der Waals surface area contributed by atoms with Crippen LogP contribution < -0.4 is 0 Å².